The summed E-state index contributed by atoms with van der Waals surface area (Å²) < 4.78 is 17.3. The van der Waals surface area contributed by atoms with Gasteiger partial charge in [-0.05, 0) is 72.8 Å². The standard InChI is InChI=1S/C51H29N5O2/c1-6-16-41-33(11-1)34-12-2-7-17-42(34)55(41)32-23-25-39-40-27-30(22-26-46(40)58-48(39)29-32)49-52-50(31-21-24-38-37-15-5-10-20-45(37)57-47(38)28-31)54-51(53-49)56-43-18-8-3-13-35(43)36-14-4-9-19-44(36)56/h1-29H. The number of fused-ring (bicyclic) bond motifs is 12. The molecular weight excluding hydrogens is 715 g/mol. The molecule has 0 bridgehead atoms. The molecule has 0 aliphatic heterocycles. The van der Waals surface area contributed by atoms with Gasteiger partial charge in [-0.25, -0.2) is 4.98 Å². The van der Waals surface area contributed by atoms with Crippen molar-refractivity contribution in [1.82, 2.24) is 24.1 Å². The molecule has 8 aromatic carbocycles. The van der Waals surface area contributed by atoms with Crippen molar-refractivity contribution in [3.63, 3.8) is 0 Å². The van der Waals surface area contributed by atoms with E-state index in [1.807, 2.05) is 36.4 Å². The Labute approximate surface area is 329 Å². The highest BCUT2D eigenvalue weighted by Gasteiger charge is 2.20. The number of hydrogen-bond acceptors (Lipinski definition) is 5. The summed E-state index contributed by atoms with van der Waals surface area (Å²) >= 11 is 0. The molecule has 0 radical (unpaired) electrons. The van der Waals surface area contributed by atoms with Gasteiger partial charge in [-0.1, -0.05) is 97.1 Å². The van der Waals surface area contributed by atoms with E-state index in [1.165, 1.54) is 10.8 Å². The third-order valence-corrected chi connectivity index (χ3v) is 11.6. The van der Waals surface area contributed by atoms with Gasteiger partial charge in [0.05, 0.1) is 22.1 Å². The lowest BCUT2D eigenvalue weighted by Gasteiger charge is -2.11. The van der Waals surface area contributed by atoms with E-state index in [2.05, 4.69) is 149 Å². The van der Waals surface area contributed by atoms with Crippen molar-refractivity contribution in [2.45, 2.75) is 0 Å². The molecule has 0 saturated heterocycles. The molecule has 0 N–H and O–H groups in total. The minimum absolute atomic E-state index is 0.537. The number of furan rings is 2. The summed E-state index contributed by atoms with van der Waals surface area (Å²) in [4.78, 5) is 15.6. The van der Waals surface area contributed by atoms with Crippen LogP contribution in [0.1, 0.15) is 0 Å². The predicted octanol–water partition coefficient (Wildman–Crippen LogP) is 13.2. The Morgan fingerprint density at radius 3 is 1.40 bits per heavy atom. The minimum Gasteiger partial charge on any atom is -0.456 e. The lowest BCUT2D eigenvalue weighted by Crippen LogP contribution is -2.06. The first-order chi connectivity index (χ1) is 28.7. The number of rotatable bonds is 4. The molecule has 0 saturated carbocycles. The van der Waals surface area contributed by atoms with Crippen molar-refractivity contribution in [3.05, 3.63) is 176 Å². The second kappa shape index (κ2) is 11.7. The van der Waals surface area contributed by atoms with E-state index in [-0.39, 0.29) is 0 Å². The van der Waals surface area contributed by atoms with Gasteiger partial charge in [0.25, 0.3) is 0 Å². The van der Waals surface area contributed by atoms with Gasteiger partial charge in [-0.15, -0.1) is 0 Å². The highest BCUT2D eigenvalue weighted by molar-refractivity contribution is 6.11. The molecule has 13 aromatic rings. The monoisotopic (exact) mass is 743 g/mol. The average Bonchev–Trinajstić information content (AvgIpc) is 4.03. The van der Waals surface area contributed by atoms with Crippen molar-refractivity contribution in [2.24, 2.45) is 0 Å². The second-order valence-corrected chi connectivity index (χ2v) is 14.8. The highest BCUT2D eigenvalue weighted by Crippen LogP contribution is 2.38. The van der Waals surface area contributed by atoms with Crippen molar-refractivity contribution < 1.29 is 8.83 Å². The fraction of sp³-hybridized carbons (Fsp3) is 0. The maximum Gasteiger partial charge on any atom is 0.238 e. The maximum atomic E-state index is 6.56. The van der Waals surface area contributed by atoms with Gasteiger partial charge in [0.2, 0.25) is 5.95 Å². The van der Waals surface area contributed by atoms with Crippen LogP contribution in [-0.4, -0.2) is 24.1 Å². The first kappa shape index (κ1) is 31.2. The van der Waals surface area contributed by atoms with Gasteiger partial charge in [0, 0.05) is 66.0 Å². The van der Waals surface area contributed by atoms with Gasteiger partial charge in [-0.3, -0.25) is 4.57 Å². The Balaban J connectivity index is 1.01. The van der Waals surface area contributed by atoms with Crippen LogP contribution in [0.15, 0.2) is 185 Å². The van der Waals surface area contributed by atoms with Gasteiger partial charge < -0.3 is 13.4 Å². The highest BCUT2D eigenvalue weighted by atomic mass is 16.3. The van der Waals surface area contributed by atoms with E-state index in [1.54, 1.807) is 0 Å². The smallest absolute Gasteiger partial charge is 0.238 e. The molecule has 0 aliphatic carbocycles. The van der Waals surface area contributed by atoms with Crippen LogP contribution in [0.2, 0.25) is 0 Å². The van der Waals surface area contributed by atoms with E-state index in [0.717, 1.165) is 93.5 Å². The molecule has 0 amide bonds. The summed E-state index contributed by atoms with van der Waals surface area (Å²) in [5.74, 6) is 1.65. The molecule has 0 atom stereocenters. The fourth-order valence-electron chi connectivity index (χ4n) is 8.97. The molecule has 58 heavy (non-hydrogen) atoms. The van der Waals surface area contributed by atoms with Crippen molar-refractivity contribution in [1.29, 1.82) is 0 Å². The summed E-state index contributed by atoms with van der Waals surface area (Å²) in [5.41, 5.74) is 10.3. The summed E-state index contributed by atoms with van der Waals surface area (Å²) in [6, 6.07) is 60.9. The molecule has 0 spiro atoms. The third-order valence-electron chi connectivity index (χ3n) is 11.6. The van der Waals surface area contributed by atoms with E-state index < -0.39 is 0 Å². The normalized spacial score (nSPS) is 12.1. The Morgan fingerprint density at radius 1 is 0.310 bits per heavy atom. The molecule has 7 heteroatoms. The zero-order chi connectivity index (χ0) is 37.9. The van der Waals surface area contributed by atoms with E-state index in [9.17, 15) is 0 Å². The van der Waals surface area contributed by atoms with E-state index in [0.29, 0.717) is 17.6 Å². The average molecular weight is 744 g/mol. The first-order valence-electron chi connectivity index (χ1n) is 19.4. The Bertz CT molecular complexity index is 3720. The van der Waals surface area contributed by atoms with Gasteiger partial charge in [0.1, 0.15) is 22.3 Å². The lowest BCUT2D eigenvalue weighted by molar-refractivity contribution is 0.668. The second-order valence-electron chi connectivity index (χ2n) is 14.8. The number of aromatic nitrogens is 5. The molecule has 0 aliphatic rings. The van der Waals surface area contributed by atoms with E-state index in [4.69, 9.17) is 23.8 Å². The first-order valence-corrected chi connectivity index (χ1v) is 19.4. The molecule has 0 unspecified atom stereocenters. The minimum atomic E-state index is 0.537. The molecule has 270 valence electrons. The maximum absolute atomic E-state index is 6.56. The molecule has 5 aromatic heterocycles. The zero-order valence-electron chi connectivity index (χ0n) is 30.8. The van der Waals surface area contributed by atoms with E-state index >= 15 is 0 Å². The predicted molar refractivity (Wildman–Crippen MR) is 234 cm³/mol. The topological polar surface area (TPSA) is 74.8 Å². The summed E-state index contributed by atoms with van der Waals surface area (Å²) in [5, 5.41) is 8.86. The molecular formula is C51H29N5O2. The van der Waals surface area contributed by atoms with Crippen LogP contribution >= 0.6 is 0 Å². The molecule has 7 nitrogen and oxygen atoms in total. The van der Waals surface area contributed by atoms with Gasteiger partial charge in [0.15, 0.2) is 11.6 Å². The van der Waals surface area contributed by atoms with Crippen LogP contribution in [0.5, 0.6) is 0 Å². The molecule has 13 rings (SSSR count). The Kier molecular flexibility index (Phi) is 6.32. The van der Waals surface area contributed by atoms with Crippen LogP contribution in [0.4, 0.5) is 0 Å². The van der Waals surface area contributed by atoms with Crippen molar-refractivity contribution >= 4 is 87.5 Å². The summed E-state index contributed by atoms with van der Waals surface area (Å²) in [7, 11) is 0. The van der Waals surface area contributed by atoms with Crippen LogP contribution in [0.3, 0.4) is 0 Å². The Morgan fingerprint density at radius 2 is 0.759 bits per heavy atom. The molecule has 0 fully saturated rings. The fourth-order valence-corrected chi connectivity index (χ4v) is 8.97. The van der Waals surface area contributed by atoms with Crippen LogP contribution < -0.4 is 0 Å². The SMILES string of the molecule is c1ccc2c(c1)oc1cc(-c3nc(-c4ccc5oc6cc(-n7c8ccccc8c8ccccc87)ccc6c5c4)nc(-n4c5ccccc5c5ccccc54)n3)ccc12. The zero-order valence-corrected chi connectivity index (χ0v) is 30.8. The summed E-state index contributed by atoms with van der Waals surface area (Å²) in [6.07, 6.45) is 0. The molecule has 5 heterocycles. The number of para-hydroxylation sites is 5. The third kappa shape index (κ3) is 4.46. The number of nitrogens with zero attached hydrogens (tertiary/aromatic N) is 5. The van der Waals surface area contributed by atoms with Gasteiger partial charge >= 0.3 is 0 Å². The van der Waals surface area contributed by atoms with Crippen molar-refractivity contribution in [2.75, 3.05) is 0 Å². The van der Waals surface area contributed by atoms with Crippen molar-refractivity contribution in [3.8, 4) is 34.4 Å². The number of benzene rings is 8. The van der Waals surface area contributed by atoms with Crippen LogP contribution in [-0.2, 0) is 0 Å². The largest absolute Gasteiger partial charge is 0.456 e. The van der Waals surface area contributed by atoms with Gasteiger partial charge in [-0.2, -0.15) is 9.97 Å². The quantitative estimate of drug-likeness (QED) is 0.179. The number of hydrogen-bond donors (Lipinski definition) is 0. The Hall–Kier alpha value is -8.03. The van der Waals surface area contributed by atoms with Crippen LogP contribution in [0, 0.1) is 0 Å². The lowest BCUT2D eigenvalue weighted by atomic mass is 10.1. The van der Waals surface area contributed by atoms with Crippen LogP contribution in [0.25, 0.3) is 122 Å². The summed E-state index contributed by atoms with van der Waals surface area (Å²) in [6.45, 7) is 0.